The number of hydrogen-bond donors (Lipinski definition) is 1. The van der Waals surface area contributed by atoms with Gasteiger partial charge in [0.1, 0.15) is 0 Å². The first-order valence-corrected chi connectivity index (χ1v) is 7.60. The number of hydrogen-bond acceptors (Lipinski definition) is 3. The molecule has 102 valence electrons. The Morgan fingerprint density at radius 1 is 1.11 bits per heavy atom. The third kappa shape index (κ3) is 3.82. The first kappa shape index (κ1) is 14.1. The first-order chi connectivity index (χ1) is 9.18. The van der Waals surface area contributed by atoms with E-state index in [9.17, 15) is 0 Å². The van der Waals surface area contributed by atoms with Crippen LogP contribution in [-0.2, 0) is 0 Å². The number of para-hydroxylation sites is 1. The topological polar surface area (TPSA) is 15.3 Å². The molecule has 0 spiro atoms. The highest BCUT2D eigenvalue weighted by atomic mass is 32.1. The van der Waals surface area contributed by atoms with Crippen molar-refractivity contribution in [2.75, 3.05) is 18.9 Å². The predicted molar refractivity (Wildman–Crippen MR) is 84.9 cm³/mol. The molecule has 2 rings (SSSR count). The van der Waals surface area contributed by atoms with Crippen LogP contribution in [0.25, 0.3) is 0 Å². The van der Waals surface area contributed by atoms with E-state index in [4.69, 9.17) is 0 Å². The Bertz CT molecular complexity index is 467. The van der Waals surface area contributed by atoms with Crippen LogP contribution in [0.5, 0.6) is 0 Å². The average molecular weight is 274 g/mol. The van der Waals surface area contributed by atoms with Crippen molar-refractivity contribution in [3.63, 3.8) is 0 Å². The molecular weight excluding hydrogens is 252 g/mol. The maximum Gasteiger partial charge on any atom is 0.0413 e. The predicted octanol–water partition coefficient (Wildman–Crippen LogP) is 4.24. The quantitative estimate of drug-likeness (QED) is 0.847. The second-order valence-electron chi connectivity index (χ2n) is 4.95. The largest absolute Gasteiger partial charge is 0.383 e. The minimum atomic E-state index is 0.465. The molecule has 0 aliphatic carbocycles. The van der Waals surface area contributed by atoms with E-state index in [1.807, 2.05) is 17.4 Å². The second-order valence-corrected chi connectivity index (χ2v) is 5.93. The lowest BCUT2D eigenvalue weighted by atomic mass is 10.2. The van der Waals surface area contributed by atoms with Crippen LogP contribution in [0.1, 0.15) is 24.8 Å². The van der Waals surface area contributed by atoms with Crippen LogP contribution in [0.2, 0.25) is 0 Å². The van der Waals surface area contributed by atoms with Crippen LogP contribution in [0.15, 0.2) is 47.8 Å². The number of likely N-dealkylation sites (N-methyl/N-ethyl adjacent to an activating group) is 1. The van der Waals surface area contributed by atoms with Gasteiger partial charge >= 0.3 is 0 Å². The van der Waals surface area contributed by atoms with E-state index >= 15 is 0 Å². The number of anilines is 1. The molecule has 1 heterocycles. The molecule has 1 aromatic heterocycles. The zero-order chi connectivity index (χ0) is 13.7. The van der Waals surface area contributed by atoms with Crippen molar-refractivity contribution in [2.45, 2.75) is 25.9 Å². The Morgan fingerprint density at radius 3 is 2.47 bits per heavy atom. The van der Waals surface area contributed by atoms with E-state index in [1.54, 1.807) is 0 Å². The van der Waals surface area contributed by atoms with E-state index in [0.29, 0.717) is 12.1 Å². The highest BCUT2D eigenvalue weighted by Gasteiger charge is 2.17. The smallest absolute Gasteiger partial charge is 0.0413 e. The Morgan fingerprint density at radius 2 is 1.84 bits per heavy atom. The van der Waals surface area contributed by atoms with E-state index in [0.717, 1.165) is 6.54 Å². The molecule has 2 atom stereocenters. The second kappa shape index (κ2) is 6.73. The zero-order valence-corrected chi connectivity index (χ0v) is 12.7. The third-order valence-electron chi connectivity index (χ3n) is 3.64. The van der Waals surface area contributed by atoms with Crippen molar-refractivity contribution < 1.29 is 0 Å². The summed E-state index contributed by atoms with van der Waals surface area (Å²) in [7, 11) is 2.20. The van der Waals surface area contributed by atoms with Gasteiger partial charge in [-0.15, -0.1) is 11.3 Å². The molecule has 19 heavy (non-hydrogen) atoms. The number of benzene rings is 1. The molecule has 2 nitrogen and oxygen atoms in total. The molecule has 2 unspecified atom stereocenters. The lowest BCUT2D eigenvalue weighted by Gasteiger charge is -2.30. The molecule has 0 aliphatic rings. The Hall–Kier alpha value is -1.32. The van der Waals surface area contributed by atoms with Crippen molar-refractivity contribution in [1.82, 2.24) is 4.90 Å². The molecule has 0 saturated heterocycles. The zero-order valence-electron chi connectivity index (χ0n) is 11.8. The van der Waals surface area contributed by atoms with Gasteiger partial charge in [0.2, 0.25) is 0 Å². The number of thiophene rings is 1. The standard InChI is InChI=1S/C16H22N2S/c1-13(12-17-15-8-5-4-6-9-15)18(3)14(2)16-10-7-11-19-16/h4-11,13-14,17H,12H2,1-3H3. The highest BCUT2D eigenvalue weighted by Crippen LogP contribution is 2.24. The molecule has 0 saturated carbocycles. The number of rotatable bonds is 6. The minimum Gasteiger partial charge on any atom is -0.383 e. The highest BCUT2D eigenvalue weighted by molar-refractivity contribution is 7.10. The van der Waals surface area contributed by atoms with Crippen molar-refractivity contribution in [2.24, 2.45) is 0 Å². The molecule has 0 aliphatic heterocycles. The minimum absolute atomic E-state index is 0.465. The van der Waals surface area contributed by atoms with Crippen molar-refractivity contribution >= 4 is 17.0 Å². The van der Waals surface area contributed by atoms with Crippen LogP contribution in [0.3, 0.4) is 0 Å². The van der Waals surface area contributed by atoms with Gasteiger partial charge in [0.05, 0.1) is 0 Å². The molecule has 0 fully saturated rings. The SMILES string of the molecule is CC(CNc1ccccc1)N(C)C(C)c1cccs1. The van der Waals surface area contributed by atoms with Gasteiger partial charge in [-0.25, -0.2) is 0 Å². The fraction of sp³-hybridized carbons (Fsp3) is 0.375. The van der Waals surface area contributed by atoms with Crippen molar-refractivity contribution in [1.29, 1.82) is 0 Å². The van der Waals surface area contributed by atoms with Gasteiger partial charge in [0.15, 0.2) is 0 Å². The summed E-state index contributed by atoms with van der Waals surface area (Å²) in [6, 6.07) is 15.7. The Labute approximate surface area is 120 Å². The third-order valence-corrected chi connectivity index (χ3v) is 4.68. The summed E-state index contributed by atoms with van der Waals surface area (Å²) in [5.41, 5.74) is 1.19. The fourth-order valence-electron chi connectivity index (χ4n) is 2.08. The van der Waals surface area contributed by atoms with Gasteiger partial charge in [0, 0.05) is 29.2 Å². The lowest BCUT2D eigenvalue weighted by Crippen LogP contribution is -2.36. The van der Waals surface area contributed by atoms with Crippen molar-refractivity contribution in [3.05, 3.63) is 52.7 Å². The number of nitrogens with zero attached hydrogens (tertiary/aromatic N) is 1. The summed E-state index contributed by atoms with van der Waals surface area (Å²) in [5.74, 6) is 0. The summed E-state index contributed by atoms with van der Waals surface area (Å²) in [6.07, 6.45) is 0. The van der Waals surface area contributed by atoms with Crippen LogP contribution < -0.4 is 5.32 Å². The normalized spacial score (nSPS) is 14.3. The van der Waals surface area contributed by atoms with Crippen LogP contribution in [-0.4, -0.2) is 24.5 Å². The average Bonchev–Trinajstić information content (AvgIpc) is 2.98. The Balaban J connectivity index is 1.87. The van der Waals surface area contributed by atoms with Gasteiger partial charge in [-0.05, 0) is 44.5 Å². The molecule has 0 amide bonds. The van der Waals surface area contributed by atoms with E-state index in [-0.39, 0.29) is 0 Å². The maximum atomic E-state index is 3.49. The molecule has 1 aromatic carbocycles. The summed E-state index contributed by atoms with van der Waals surface area (Å²) in [6.45, 7) is 5.49. The van der Waals surface area contributed by atoms with Gasteiger partial charge in [-0.3, -0.25) is 4.90 Å². The monoisotopic (exact) mass is 274 g/mol. The van der Waals surface area contributed by atoms with Gasteiger partial charge < -0.3 is 5.32 Å². The van der Waals surface area contributed by atoms with Gasteiger partial charge in [-0.2, -0.15) is 0 Å². The van der Waals surface area contributed by atoms with E-state index in [2.05, 4.69) is 72.9 Å². The molecule has 3 heteroatoms. The van der Waals surface area contributed by atoms with E-state index in [1.165, 1.54) is 10.6 Å². The van der Waals surface area contributed by atoms with Crippen molar-refractivity contribution in [3.8, 4) is 0 Å². The van der Waals surface area contributed by atoms with Crippen LogP contribution >= 0.6 is 11.3 Å². The Kier molecular flexibility index (Phi) is 5.00. The molecule has 1 N–H and O–H groups in total. The first-order valence-electron chi connectivity index (χ1n) is 6.72. The lowest BCUT2D eigenvalue weighted by molar-refractivity contribution is 0.208. The molecule has 0 bridgehead atoms. The van der Waals surface area contributed by atoms with Gasteiger partial charge in [-0.1, -0.05) is 24.3 Å². The molecule has 2 aromatic rings. The summed E-state index contributed by atoms with van der Waals surface area (Å²) >= 11 is 1.83. The summed E-state index contributed by atoms with van der Waals surface area (Å²) < 4.78 is 0. The van der Waals surface area contributed by atoms with Gasteiger partial charge in [0.25, 0.3) is 0 Å². The fourth-order valence-corrected chi connectivity index (χ4v) is 2.91. The maximum absolute atomic E-state index is 3.49. The van der Waals surface area contributed by atoms with Crippen LogP contribution in [0, 0.1) is 0 Å². The van der Waals surface area contributed by atoms with E-state index < -0.39 is 0 Å². The van der Waals surface area contributed by atoms with Crippen LogP contribution in [0.4, 0.5) is 5.69 Å². The summed E-state index contributed by atoms with van der Waals surface area (Å²) in [5, 5.41) is 5.63. The molecule has 0 radical (unpaired) electrons. The number of nitrogens with one attached hydrogen (secondary N) is 1. The summed E-state index contributed by atoms with van der Waals surface area (Å²) in [4.78, 5) is 3.84. The molecular formula is C16H22N2S.